The van der Waals surface area contributed by atoms with Crippen LogP contribution in [0.5, 0.6) is 28.7 Å². The standard InChI is InChI=1S/C35H30N2O11/c1-37(2)28-20-8-16-7-19-17(14-3-5-21-23(9-14)47-12-45-21)11-18(15-4-6-22-24(10-15)48-13-46-22)29(38)26(19)30(39)25(16)32(41)35(20,44)33(42)27(31(28)40)34(36)43/h3-6,9-11,16,20,28,38-39,42,44H,7-8,12-13H2,1-2H3,(H2,36,43)/t16-,20+,28+,35-/m0/s1. The van der Waals surface area contributed by atoms with Crippen molar-refractivity contribution < 1.29 is 53.8 Å². The van der Waals surface area contributed by atoms with Gasteiger partial charge < -0.3 is 45.1 Å². The van der Waals surface area contributed by atoms with Crippen LogP contribution in [0.15, 0.2) is 59.4 Å². The normalized spacial score (nSPS) is 25.3. The minimum atomic E-state index is -2.74. The molecule has 48 heavy (non-hydrogen) atoms. The van der Waals surface area contributed by atoms with E-state index in [-0.39, 0.29) is 43.3 Å². The first-order chi connectivity index (χ1) is 22.9. The summed E-state index contributed by atoms with van der Waals surface area (Å²) in [4.78, 5) is 41.6. The third-order valence-electron chi connectivity index (χ3n) is 10.1. The van der Waals surface area contributed by atoms with Gasteiger partial charge in [-0.2, -0.15) is 0 Å². The van der Waals surface area contributed by atoms with E-state index in [1.165, 1.54) is 4.90 Å². The summed E-state index contributed by atoms with van der Waals surface area (Å²) in [5, 5.41) is 47.0. The van der Waals surface area contributed by atoms with Crippen LogP contribution in [0.1, 0.15) is 17.5 Å². The molecular weight excluding hydrogens is 624 g/mol. The SMILES string of the molecule is CN(C)[C@H]1C(=O)C(C(N)=O)=C(O)[C@@]2(O)C(=O)C3=C(O)c4c(O)c(-c5ccc6c(c5)OCO6)cc(-c5ccc6c(c5)OCO6)c4C[C@H]3C[C@H]12. The zero-order chi connectivity index (χ0) is 33.8. The molecule has 13 nitrogen and oxygen atoms in total. The Morgan fingerprint density at radius 1 is 0.875 bits per heavy atom. The Bertz CT molecular complexity index is 2070. The number of primary amides is 1. The van der Waals surface area contributed by atoms with Crippen LogP contribution >= 0.6 is 0 Å². The molecule has 0 saturated heterocycles. The van der Waals surface area contributed by atoms with Crippen LogP contribution in [-0.4, -0.2) is 82.1 Å². The second-order valence-corrected chi connectivity index (χ2v) is 12.8. The van der Waals surface area contributed by atoms with E-state index in [1.54, 1.807) is 50.5 Å². The molecule has 0 unspecified atom stereocenters. The van der Waals surface area contributed by atoms with E-state index in [9.17, 15) is 34.8 Å². The number of carbonyl (C=O) groups is 3. The Kier molecular flexibility index (Phi) is 6.36. The van der Waals surface area contributed by atoms with E-state index in [1.807, 2.05) is 6.07 Å². The summed E-state index contributed by atoms with van der Waals surface area (Å²) < 4.78 is 22.1. The van der Waals surface area contributed by atoms with Gasteiger partial charge in [-0.25, -0.2) is 0 Å². The molecule has 2 heterocycles. The predicted molar refractivity (Wildman–Crippen MR) is 167 cm³/mol. The number of amides is 1. The fraction of sp³-hybridized carbons (Fsp3) is 0.286. The van der Waals surface area contributed by atoms with Crippen molar-refractivity contribution in [2.24, 2.45) is 17.6 Å². The highest BCUT2D eigenvalue weighted by Crippen LogP contribution is 2.55. The largest absolute Gasteiger partial charge is 0.508 e. The second kappa shape index (κ2) is 10.2. The number of aromatic hydroxyl groups is 1. The topological polar surface area (TPSA) is 198 Å². The summed E-state index contributed by atoms with van der Waals surface area (Å²) in [7, 11) is 3.11. The molecule has 6 N–H and O–H groups in total. The number of hydrogen-bond acceptors (Lipinski definition) is 12. The number of fused-ring (bicyclic) bond motifs is 5. The Balaban J connectivity index is 1.37. The van der Waals surface area contributed by atoms with Gasteiger partial charge in [0.05, 0.1) is 11.6 Å². The smallest absolute Gasteiger partial charge is 0.255 e. The molecule has 1 fully saturated rings. The van der Waals surface area contributed by atoms with E-state index >= 15 is 0 Å². The van der Waals surface area contributed by atoms with E-state index < -0.39 is 58.0 Å². The number of ether oxygens (including phenoxy) is 4. The lowest BCUT2D eigenvalue weighted by Gasteiger charge is -2.50. The molecule has 3 aromatic carbocycles. The number of phenolic OH excluding ortho intramolecular Hbond substituents is 1. The molecular formula is C35H30N2O11. The van der Waals surface area contributed by atoms with Crippen LogP contribution in [0.25, 0.3) is 28.0 Å². The molecule has 8 rings (SSSR count). The Labute approximate surface area is 273 Å². The number of ketones is 2. The van der Waals surface area contributed by atoms with Gasteiger partial charge >= 0.3 is 0 Å². The average Bonchev–Trinajstić information content (AvgIpc) is 3.71. The number of aliphatic hydroxyl groups is 3. The molecule has 3 aromatic rings. The fourth-order valence-corrected chi connectivity index (χ4v) is 7.92. The lowest BCUT2D eigenvalue weighted by atomic mass is 9.57. The van der Waals surface area contributed by atoms with Gasteiger partial charge in [-0.1, -0.05) is 12.1 Å². The highest BCUT2D eigenvalue weighted by atomic mass is 16.7. The van der Waals surface area contributed by atoms with Crippen LogP contribution in [0.3, 0.4) is 0 Å². The van der Waals surface area contributed by atoms with Crippen LogP contribution in [-0.2, 0) is 20.8 Å². The number of nitrogens with two attached hydrogens (primary N) is 1. The van der Waals surface area contributed by atoms with Crippen LogP contribution < -0.4 is 24.7 Å². The van der Waals surface area contributed by atoms with Crippen molar-refractivity contribution in [1.29, 1.82) is 0 Å². The van der Waals surface area contributed by atoms with Gasteiger partial charge in [-0.15, -0.1) is 0 Å². The van der Waals surface area contributed by atoms with E-state index in [4.69, 9.17) is 24.7 Å². The molecule has 0 spiro atoms. The first kappa shape index (κ1) is 29.8. The summed E-state index contributed by atoms with van der Waals surface area (Å²) in [6, 6.07) is 11.1. The summed E-state index contributed by atoms with van der Waals surface area (Å²) >= 11 is 0. The number of carbonyl (C=O) groups excluding carboxylic acids is 3. The van der Waals surface area contributed by atoms with Crippen molar-refractivity contribution in [2.45, 2.75) is 24.5 Å². The molecule has 0 bridgehead atoms. The van der Waals surface area contributed by atoms with Crippen LogP contribution in [0, 0.1) is 11.8 Å². The number of aliphatic hydroxyl groups excluding tert-OH is 2. The van der Waals surface area contributed by atoms with Crippen molar-refractivity contribution in [3.05, 3.63) is 70.5 Å². The summed E-state index contributed by atoms with van der Waals surface area (Å²) in [5.41, 5.74) is 4.21. The monoisotopic (exact) mass is 654 g/mol. The van der Waals surface area contributed by atoms with Crippen molar-refractivity contribution in [1.82, 2.24) is 4.90 Å². The fourth-order valence-electron chi connectivity index (χ4n) is 7.92. The summed E-state index contributed by atoms with van der Waals surface area (Å²) in [5.74, 6) is -5.12. The van der Waals surface area contributed by atoms with E-state index in [2.05, 4.69) is 0 Å². The molecule has 2 aliphatic heterocycles. The van der Waals surface area contributed by atoms with E-state index in [0.717, 1.165) is 0 Å². The quantitative estimate of drug-likeness (QED) is 0.258. The number of hydrogen-bond donors (Lipinski definition) is 5. The second-order valence-electron chi connectivity index (χ2n) is 12.8. The molecule has 0 radical (unpaired) electrons. The van der Waals surface area contributed by atoms with Crippen molar-refractivity contribution in [3.63, 3.8) is 0 Å². The maximum atomic E-state index is 14.4. The minimum absolute atomic E-state index is 0.0307. The average molecular weight is 655 g/mol. The Morgan fingerprint density at radius 2 is 1.46 bits per heavy atom. The molecule has 1 amide bonds. The van der Waals surface area contributed by atoms with Crippen molar-refractivity contribution in [3.8, 4) is 51.0 Å². The van der Waals surface area contributed by atoms with Crippen LogP contribution in [0.4, 0.5) is 0 Å². The van der Waals surface area contributed by atoms with Crippen LogP contribution in [0.2, 0.25) is 0 Å². The number of benzene rings is 3. The first-order valence-corrected chi connectivity index (χ1v) is 15.3. The highest BCUT2D eigenvalue weighted by Gasteiger charge is 2.64. The Morgan fingerprint density at radius 3 is 2.04 bits per heavy atom. The maximum Gasteiger partial charge on any atom is 0.255 e. The number of nitrogens with zero attached hydrogens (tertiary/aromatic N) is 1. The summed E-state index contributed by atoms with van der Waals surface area (Å²) in [6.45, 7) is 0.0948. The molecule has 13 heteroatoms. The minimum Gasteiger partial charge on any atom is -0.508 e. The molecule has 5 aliphatic rings. The third-order valence-corrected chi connectivity index (χ3v) is 10.1. The predicted octanol–water partition coefficient (Wildman–Crippen LogP) is 2.76. The highest BCUT2D eigenvalue weighted by molar-refractivity contribution is 6.24. The lowest BCUT2D eigenvalue weighted by Crippen LogP contribution is -2.65. The first-order valence-electron chi connectivity index (χ1n) is 15.3. The van der Waals surface area contributed by atoms with Crippen molar-refractivity contribution >= 4 is 23.2 Å². The zero-order valence-electron chi connectivity index (χ0n) is 25.8. The van der Waals surface area contributed by atoms with Gasteiger partial charge in [0.15, 0.2) is 34.4 Å². The molecule has 3 aliphatic carbocycles. The number of rotatable bonds is 4. The zero-order valence-corrected chi connectivity index (χ0v) is 25.8. The van der Waals surface area contributed by atoms with Gasteiger partial charge in [-0.05, 0) is 85.4 Å². The molecule has 1 saturated carbocycles. The number of likely N-dealkylation sites (N-methyl/N-ethyl adjacent to an activating group) is 1. The lowest BCUT2D eigenvalue weighted by molar-refractivity contribution is -0.153. The van der Waals surface area contributed by atoms with Gasteiger partial charge in [0.1, 0.15) is 22.8 Å². The van der Waals surface area contributed by atoms with Gasteiger partial charge in [0, 0.05) is 17.1 Å². The number of Topliss-reactive ketones (excluding diaryl/α,β-unsaturated/α-hetero) is 2. The molecule has 246 valence electrons. The van der Waals surface area contributed by atoms with Gasteiger partial charge in [0.2, 0.25) is 19.4 Å². The van der Waals surface area contributed by atoms with Gasteiger partial charge in [-0.3, -0.25) is 19.3 Å². The summed E-state index contributed by atoms with van der Waals surface area (Å²) in [6.07, 6.45) is 0.0876. The van der Waals surface area contributed by atoms with Crippen molar-refractivity contribution in [2.75, 3.05) is 27.7 Å². The Hall–Kier alpha value is -5.53. The third kappa shape index (κ3) is 3.94. The van der Waals surface area contributed by atoms with E-state index in [0.29, 0.717) is 50.8 Å². The maximum absolute atomic E-state index is 14.4. The van der Waals surface area contributed by atoms with Gasteiger partial charge in [0.25, 0.3) is 5.91 Å². The molecule has 0 aromatic heterocycles. The molecule has 4 atom stereocenters. The number of phenols is 1.